The third-order valence-corrected chi connectivity index (χ3v) is 15.2. The van der Waals surface area contributed by atoms with Gasteiger partial charge < -0.3 is 19.9 Å². The summed E-state index contributed by atoms with van der Waals surface area (Å²) in [5.41, 5.74) is 9.18. The van der Waals surface area contributed by atoms with E-state index in [1.807, 2.05) is 121 Å². The number of benzene rings is 8. The van der Waals surface area contributed by atoms with Crippen molar-refractivity contribution in [3.05, 3.63) is 193 Å². The van der Waals surface area contributed by atoms with Crippen LogP contribution in [0.4, 0.5) is 17.6 Å². The lowest BCUT2D eigenvalue weighted by molar-refractivity contribution is 0.418. The third-order valence-electron chi connectivity index (χ3n) is 15.2. The Morgan fingerprint density at radius 1 is 0.190 bits per heavy atom. The second-order valence-corrected chi connectivity index (χ2v) is 20.0. The summed E-state index contributed by atoms with van der Waals surface area (Å²) >= 11 is 0. The third kappa shape index (κ3) is 7.13. The molecule has 0 amide bonds. The molecule has 8 aromatic carbocycles. The molecule has 0 saturated carbocycles. The molecule has 4 N–H and O–H groups in total. The van der Waals surface area contributed by atoms with Gasteiger partial charge in [0, 0.05) is 76.8 Å². The van der Waals surface area contributed by atoms with Gasteiger partial charge in [-0.05, 0) is 0 Å². The van der Waals surface area contributed by atoms with Gasteiger partial charge >= 0.3 is 0 Å². The normalized spacial score (nSPS) is 12.0. The van der Waals surface area contributed by atoms with Gasteiger partial charge in [-0.3, -0.25) is 0 Å². The highest BCUT2D eigenvalue weighted by atomic mass is 19.2. The van der Waals surface area contributed by atoms with Gasteiger partial charge in [0.1, 0.15) is 45.2 Å². The van der Waals surface area contributed by atoms with Crippen LogP contribution in [0.5, 0.6) is 0 Å². The van der Waals surface area contributed by atoms with E-state index in [-0.39, 0.29) is 22.9 Å². The van der Waals surface area contributed by atoms with Gasteiger partial charge in [0.25, 0.3) is 0 Å². The van der Waals surface area contributed by atoms with E-state index in [0.29, 0.717) is 91.1 Å². The Kier molecular flexibility index (Phi) is 10.00. The summed E-state index contributed by atoms with van der Waals surface area (Å²) in [6.45, 7) is 0. The van der Waals surface area contributed by atoms with Crippen LogP contribution in [0, 0.1) is 23.3 Å². The Hall–Kier alpha value is -11.8. The van der Waals surface area contributed by atoms with Gasteiger partial charge in [-0.1, -0.05) is 170 Å². The summed E-state index contributed by atoms with van der Waals surface area (Å²) in [7, 11) is 0. The average molecular weight is 1100 g/mol. The van der Waals surface area contributed by atoms with Crippen LogP contribution in [0.3, 0.4) is 0 Å². The summed E-state index contributed by atoms with van der Waals surface area (Å²) in [5.74, 6) is -3.97. The summed E-state index contributed by atoms with van der Waals surface area (Å²) in [6, 6.07) is 54.1. The van der Waals surface area contributed by atoms with Crippen LogP contribution in [-0.2, 0) is 0 Å². The lowest BCUT2D eigenvalue weighted by atomic mass is 10.1. The van der Waals surface area contributed by atoms with E-state index in [1.165, 1.54) is 0 Å². The molecular weight excluding hydrogens is 1070 g/mol. The fraction of sp³-hybridized carbons (Fsp3) is 0. The van der Waals surface area contributed by atoms with Gasteiger partial charge in [-0.2, -0.15) is 0 Å². The second-order valence-electron chi connectivity index (χ2n) is 20.0. The number of hydrogen-bond donors (Lipinski definition) is 4. The minimum absolute atomic E-state index is 0.102. The van der Waals surface area contributed by atoms with Crippen molar-refractivity contribution in [3.8, 4) is 91.1 Å². The lowest BCUT2D eigenvalue weighted by Crippen LogP contribution is -1.97. The predicted molar refractivity (Wildman–Crippen MR) is 312 cm³/mol. The number of fused-ring (bicyclic) bond motifs is 40. The maximum atomic E-state index is 15.4. The maximum Gasteiger partial charge on any atom is 0.198 e. The minimum Gasteiger partial charge on any atom is -0.324 e. The molecular formula is C64H32F4N16. The highest BCUT2D eigenvalue weighted by molar-refractivity contribution is 6.09. The highest BCUT2D eigenvalue weighted by Crippen LogP contribution is 2.41. The number of aromatic amines is 4. The van der Waals surface area contributed by atoms with Gasteiger partial charge in [-0.25, -0.2) is 77.4 Å². The number of H-pyrrole nitrogens is 4. The quantitative estimate of drug-likeness (QED) is 0.0633. The van der Waals surface area contributed by atoms with E-state index in [1.54, 1.807) is 48.5 Å². The highest BCUT2D eigenvalue weighted by Gasteiger charge is 2.29. The molecule has 396 valence electrons. The first-order chi connectivity index (χ1) is 41.3. The zero-order valence-electron chi connectivity index (χ0n) is 43.0. The molecule has 0 atom stereocenters. The molecule has 20 heteroatoms. The Bertz CT molecular complexity index is 5120. The number of nitrogens with one attached hydrogen (secondary N) is 4. The number of rotatable bonds is 0. The van der Waals surface area contributed by atoms with Crippen molar-refractivity contribution in [1.82, 2.24) is 79.7 Å². The maximum absolute atomic E-state index is 15.4. The first kappa shape index (κ1) is 47.1. The van der Waals surface area contributed by atoms with Crippen molar-refractivity contribution in [3.63, 3.8) is 0 Å². The van der Waals surface area contributed by atoms with Gasteiger partial charge in [0.15, 0.2) is 69.9 Å². The van der Waals surface area contributed by atoms with Crippen molar-refractivity contribution in [2.75, 3.05) is 0 Å². The standard InChI is InChI=1S/C32H14F4N8.C32H18N8/c33-21-19-20(22(34)24(36)23(21)35)32-43-30-18-12-6-4-10-16(18)28(41-30)39-26-14-8-2-1-7-13(14)25(37-26)38-27-15-9-3-5-11-17(15)29(40-27)42-31(19)44-32;1-2-10-18-17(9-1)25-33-26(18)38-28-21-13-5-6-14-22(21)30(35-28)40-32-24-16-8-7-15-23(24)31(36-32)39-29-20-12-4-3-11-19(20)27(34-29)37-25/h1-12H,(H2,37,38,39,40,41,42,43,44);1-16H,(H2,33,34,35,36,37,38,39,40). The number of hydrogen-bond acceptors (Lipinski definition) is 12. The van der Waals surface area contributed by atoms with Crippen LogP contribution in [0.15, 0.2) is 170 Å². The first-order valence-corrected chi connectivity index (χ1v) is 26.4. The van der Waals surface area contributed by atoms with Crippen LogP contribution in [-0.4, -0.2) is 79.7 Å². The van der Waals surface area contributed by atoms with E-state index in [0.717, 1.165) is 54.6 Å². The topological polar surface area (TPSA) is 218 Å². The van der Waals surface area contributed by atoms with Crippen LogP contribution in [0.25, 0.3) is 179 Å². The first-order valence-electron chi connectivity index (χ1n) is 26.4. The summed E-state index contributed by atoms with van der Waals surface area (Å²) in [4.78, 5) is 70.7. The summed E-state index contributed by atoms with van der Waals surface area (Å²) in [5, 5.41) is 4.17. The molecule has 0 unspecified atom stereocenters. The SMILES string of the molecule is Fc1c(F)c(F)c2c3nc4nc(nc5[nH]c(nc6nc(nc([nH]3)c2c1F)-c1ccccc1-6)c1ccccc51)-c1ccccc1-4.c1ccc2c(c1)-c1nc-2nc2[nH]c(nc3nc(nc4[nH]c(n1)c1ccccc41)-c1ccccc1-3)c1ccccc21. The lowest BCUT2D eigenvalue weighted by Gasteiger charge is -2.00. The van der Waals surface area contributed by atoms with Crippen LogP contribution >= 0.6 is 0 Å². The molecule has 84 heavy (non-hydrogen) atoms. The Labute approximate surface area is 467 Å². The zero-order valence-corrected chi connectivity index (χ0v) is 43.0. The van der Waals surface area contributed by atoms with E-state index in [4.69, 9.17) is 39.9 Å². The zero-order chi connectivity index (χ0) is 55.9. The number of aromatic nitrogens is 16. The second kappa shape index (κ2) is 17.9. The van der Waals surface area contributed by atoms with Crippen molar-refractivity contribution in [2.45, 2.75) is 0 Å². The molecule has 0 spiro atoms. The van der Waals surface area contributed by atoms with Gasteiger partial charge in [-0.15, -0.1) is 0 Å². The van der Waals surface area contributed by atoms with E-state index < -0.39 is 34.0 Å². The number of nitrogens with zero attached hydrogens (tertiary/aromatic N) is 12. The van der Waals surface area contributed by atoms with Crippen molar-refractivity contribution in [2.24, 2.45) is 0 Å². The van der Waals surface area contributed by atoms with Crippen LogP contribution in [0.2, 0.25) is 0 Å². The molecule has 4 aliphatic rings. The summed E-state index contributed by atoms with van der Waals surface area (Å²) in [6.07, 6.45) is 0. The Morgan fingerprint density at radius 3 is 0.560 bits per heavy atom. The smallest absolute Gasteiger partial charge is 0.198 e. The molecule has 0 radical (unpaired) electrons. The predicted octanol–water partition coefficient (Wildman–Crippen LogP) is 14.3. The molecule has 4 aliphatic heterocycles. The van der Waals surface area contributed by atoms with E-state index in [9.17, 15) is 8.78 Å². The molecule has 0 aliphatic carbocycles. The minimum atomic E-state index is -1.97. The molecule has 10 heterocycles. The van der Waals surface area contributed by atoms with E-state index in [2.05, 4.69) is 39.9 Å². The molecule has 0 saturated heterocycles. The van der Waals surface area contributed by atoms with Gasteiger partial charge in [0.2, 0.25) is 0 Å². The molecule has 0 fully saturated rings. The number of halogens is 4. The molecule has 14 aromatic rings. The summed E-state index contributed by atoms with van der Waals surface area (Å²) < 4.78 is 59.9. The van der Waals surface area contributed by atoms with Crippen molar-refractivity contribution < 1.29 is 17.6 Å². The molecule has 16 bridgehead atoms. The monoisotopic (exact) mass is 1100 g/mol. The van der Waals surface area contributed by atoms with Crippen molar-refractivity contribution >= 4 is 88.3 Å². The average Bonchev–Trinajstić information content (AvgIpc) is 3.50. The fourth-order valence-corrected chi connectivity index (χ4v) is 11.3. The van der Waals surface area contributed by atoms with E-state index >= 15 is 8.78 Å². The Balaban J connectivity index is 0.000000133. The van der Waals surface area contributed by atoms with Crippen LogP contribution < -0.4 is 0 Å². The molecule has 18 rings (SSSR count). The Morgan fingerprint density at radius 2 is 0.357 bits per heavy atom. The van der Waals surface area contributed by atoms with Crippen LogP contribution in [0.1, 0.15) is 0 Å². The molecule has 16 nitrogen and oxygen atoms in total. The van der Waals surface area contributed by atoms with Crippen molar-refractivity contribution in [1.29, 1.82) is 0 Å². The largest absolute Gasteiger partial charge is 0.324 e. The van der Waals surface area contributed by atoms with Gasteiger partial charge in [0.05, 0.1) is 10.8 Å². The fourth-order valence-electron chi connectivity index (χ4n) is 11.3. The molecule has 6 aromatic heterocycles.